The van der Waals surface area contributed by atoms with Gasteiger partial charge in [0.2, 0.25) is 5.91 Å². The third-order valence-electron chi connectivity index (χ3n) is 3.75. The van der Waals surface area contributed by atoms with Crippen molar-refractivity contribution in [3.05, 3.63) is 70.4 Å². The van der Waals surface area contributed by atoms with Crippen LogP contribution < -0.4 is 5.32 Å². The summed E-state index contributed by atoms with van der Waals surface area (Å²) in [5.74, 6) is 0.943. The molecule has 0 aliphatic carbocycles. The molecule has 1 atom stereocenters. The maximum atomic E-state index is 12.2. The normalized spacial score (nSPS) is 12.2. The Labute approximate surface area is 144 Å². The van der Waals surface area contributed by atoms with Gasteiger partial charge >= 0.3 is 0 Å². The van der Waals surface area contributed by atoms with Gasteiger partial charge in [-0.3, -0.25) is 4.79 Å². The van der Waals surface area contributed by atoms with Gasteiger partial charge in [-0.25, -0.2) is 0 Å². The van der Waals surface area contributed by atoms with Gasteiger partial charge < -0.3 is 5.32 Å². The van der Waals surface area contributed by atoms with E-state index < -0.39 is 0 Å². The van der Waals surface area contributed by atoms with Crippen molar-refractivity contribution in [1.29, 1.82) is 0 Å². The van der Waals surface area contributed by atoms with Gasteiger partial charge in [0, 0.05) is 10.6 Å². The number of amides is 1. The average Bonchev–Trinajstić information content (AvgIpc) is 3.11. The molecule has 3 rings (SSSR count). The van der Waals surface area contributed by atoms with E-state index in [1.54, 1.807) is 23.1 Å². The largest absolute Gasteiger partial charge is 0.350 e. The van der Waals surface area contributed by atoms with Gasteiger partial charge in [0.1, 0.15) is 0 Å². The van der Waals surface area contributed by atoms with Crippen molar-refractivity contribution in [2.45, 2.75) is 24.5 Å². The van der Waals surface area contributed by atoms with E-state index in [1.807, 2.05) is 24.4 Å². The molecule has 1 amide bonds. The van der Waals surface area contributed by atoms with Crippen molar-refractivity contribution >= 4 is 39.8 Å². The maximum Gasteiger partial charge on any atom is 0.233 e. The minimum Gasteiger partial charge on any atom is -0.350 e. The second-order valence-corrected chi connectivity index (χ2v) is 7.75. The first-order valence-corrected chi connectivity index (χ1v) is 9.55. The highest BCUT2D eigenvalue weighted by molar-refractivity contribution is 7.99. The molecule has 0 spiro atoms. The van der Waals surface area contributed by atoms with Crippen molar-refractivity contribution in [2.24, 2.45) is 0 Å². The lowest BCUT2D eigenvalue weighted by atomic mass is 10.1. The quantitative estimate of drug-likeness (QED) is 0.695. The van der Waals surface area contributed by atoms with Crippen LogP contribution in [-0.4, -0.2) is 11.2 Å². The predicted molar refractivity (Wildman–Crippen MR) is 101 cm³/mol. The van der Waals surface area contributed by atoms with E-state index in [0.29, 0.717) is 6.54 Å². The molecular formula is C19H19NOS2. The molecule has 2 nitrogen and oxygen atoms in total. The van der Waals surface area contributed by atoms with Crippen LogP contribution in [0.4, 0.5) is 0 Å². The first-order valence-electron chi connectivity index (χ1n) is 7.62. The summed E-state index contributed by atoms with van der Waals surface area (Å²) in [5, 5.41) is 7.50. The van der Waals surface area contributed by atoms with Crippen molar-refractivity contribution in [3.8, 4) is 0 Å². The Kier molecular flexibility index (Phi) is 5.36. The Morgan fingerprint density at radius 2 is 1.96 bits per heavy atom. The summed E-state index contributed by atoms with van der Waals surface area (Å²) in [7, 11) is 0. The Morgan fingerprint density at radius 1 is 1.13 bits per heavy atom. The SMILES string of the molecule is CC(SCc1cccc2ccccc12)C(=O)NCc1cccs1. The Bertz CT molecular complexity index is 778. The molecular weight excluding hydrogens is 322 g/mol. The third kappa shape index (κ3) is 4.15. The molecule has 1 unspecified atom stereocenters. The van der Waals surface area contributed by atoms with Crippen LogP contribution in [0.15, 0.2) is 60.0 Å². The number of fused-ring (bicyclic) bond motifs is 1. The molecule has 0 saturated heterocycles. The molecule has 118 valence electrons. The Morgan fingerprint density at radius 3 is 2.78 bits per heavy atom. The van der Waals surface area contributed by atoms with E-state index in [-0.39, 0.29) is 11.2 Å². The zero-order valence-electron chi connectivity index (χ0n) is 13.0. The molecule has 3 aromatic rings. The second kappa shape index (κ2) is 7.66. The molecule has 0 aliphatic rings. The number of carbonyl (C=O) groups is 1. The molecule has 1 aromatic heterocycles. The summed E-state index contributed by atoms with van der Waals surface area (Å²) in [6.45, 7) is 2.59. The third-order valence-corrected chi connectivity index (χ3v) is 5.82. The number of hydrogen-bond acceptors (Lipinski definition) is 3. The standard InChI is InChI=1S/C19H19NOS2/c1-14(19(21)20-12-17-9-5-11-22-17)23-13-16-8-4-7-15-6-2-3-10-18(15)16/h2-11,14H,12-13H2,1H3,(H,20,21). The zero-order chi connectivity index (χ0) is 16.1. The lowest BCUT2D eigenvalue weighted by molar-refractivity contribution is -0.120. The number of hydrogen-bond donors (Lipinski definition) is 1. The predicted octanol–water partition coefficient (Wildman–Crippen LogP) is 4.84. The van der Waals surface area contributed by atoms with Gasteiger partial charge in [-0.05, 0) is 34.7 Å². The van der Waals surface area contributed by atoms with Crippen LogP contribution in [0.2, 0.25) is 0 Å². The van der Waals surface area contributed by atoms with E-state index in [2.05, 4.69) is 47.8 Å². The number of nitrogens with one attached hydrogen (secondary N) is 1. The summed E-state index contributed by atoms with van der Waals surface area (Å²) >= 11 is 3.35. The summed E-state index contributed by atoms with van der Waals surface area (Å²) in [6.07, 6.45) is 0. The van der Waals surface area contributed by atoms with Gasteiger partial charge in [-0.1, -0.05) is 48.5 Å². The Hall–Kier alpha value is -1.78. The molecule has 0 radical (unpaired) electrons. The molecule has 4 heteroatoms. The van der Waals surface area contributed by atoms with Crippen molar-refractivity contribution in [3.63, 3.8) is 0 Å². The minimum atomic E-state index is -0.0612. The molecule has 23 heavy (non-hydrogen) atoms. The molecule has 1 heterocycles. The highest BCUT2D eigenvalue weighted by Gasteiger charge is 2.13. The van der Waals surface area contributed by atoms with Gasteiger partial charge in [-0.2, -0.15) is 0 Å². The van der Waals surface area contributed by atoms with Gasteiger partial charge in [-0.15, -0.1) is 23.1 Å². The van der Waals surface area contributed by atoms with Crippen molar-refractivity contribution < 1.29 is 4.79 Å². The average molecular weight is 342 g/mol. The van der Waals surface area contributed by atoms with Gasteiger partial charge in [0.05, 0.1) is 11.8 Å². The summed E-state index contributed by atoms with van der Waals surface area (Å²) in [5.41, 5.74) is 1.28. The van der Waals surface area contributed by atoms with Gasteiger partial charge in [0.15, 0.2) is 0 Å². The van der Waals surface area contributed by atoms with Crippen LogP contribution >= 0.6 is 23.1 Å². The fourth-order valence-corrected chi connectivity index (χ4v) is 4.00. The number of rotatable bonds is 6. The molecule has 0 saturated carbocycles. The molecule has 0 bridgehead atoms. The molecule has 0 aliphatic heterocycles. The fourth-order valence-electron chi connectivity index (χ4n) is 2.44. The molecule has 0 fully saturated rings. The number of thiophene rings is 1. The van der Waals surface area contributed by atoms with E-state index in [1.165, 1.54) is 21.2 Å². The lowest BCUT2D eigenvalue weighted by Crippen LogP contribution is -2.30. The van der Waals surface area contributed by atoms with E-state index in [9.17, 15) is 4.79 Å². The smallest absolute Gasteiger partial charge is 0.233 e. The highest BCUT2D eigenvalue weighted by atomic mass is 32.2. The van der Waals surface area contributed by atoms with Crippen LogP contribution in [0.5, 0.6) is 0 Å². The van der Waals surface area contributed by atoms with Crippen LogP contribution in [0.25, 0.3) is 10.8 Å². The topological polar surface area (TPSA) is 29.1 Å². The van der Waals surface area contributed by atoms with Crippen LogP contribution in [0, 0.1) is 0 Å². The number of thioether (sulfide) groups is 1. The van der Waals surface area contributed by atoms with E-state index >= 15 is 0 Å². The maximum absolute atomic E-state index is 12.2. The monoisotopic (exact) mass is 341 g/mol. The first kappa shape index (κ1) is 16.1. The van der Waals surface area contributed by atoms with Crippen molar-refractivity contribution in [1.82, 2.24) is 5.32 Å². The lowest BCUT2D eigenvalue weighted by Gasteiger charge is -2.12. The minimum absolute atomic E-state index is 0.0612. The van der Waals surface area contributed by atoms with Crippen LogP contribution in [0.3, 0.4) is 0 Å². The Balaban J connectivity index is 1.57. The second-order valence-electron chi connectivity index (χ2n) is 5.39. The van der Waals surface area contributed by atoms with Crippen LogP contribution in [-0.2, 0) is 17.1 Å². The summed E-state index contributed by atoms with van der Waals surface area (Å²) < 4.78 is 0. The van der Waals surface area contributed by atoms with Gasteiger partial charge in [0.25, 0.3) is 0 Å². The highest BCUT2D eigenvalue weighted by Crippen LogP contribution is 2.25. The first-order chi connectivity index (χ1) is 11.2. The van der Waals surface area contributed by atoms with E-state index in [4.69, 9.17) is 0 Å². The number of carbonyl (C=O) groups excluding carboxylic acids is 1. The summed E-state index contributed by atoms with van der Waals surface area (Å²) in [4.78, 5) is 13.4. The fraction of sp³-hybridized carbons (Fsp3) is 0.211. The van der Waals surface area contributed by atoms with Crippen molar-refractivity contribution in [2.75, 3.05) is 0 Å². The molecule has 1 N–H and O–H groups in total. The molecule has 2 aromatic carbocycles. The van der Waals surface area contributed by atoms with Crippen LogP contribution in [0.1, 0.15) is 17.4 Å². The number of benzene rings is 2. The van der Waals surface area contributed by atoms with E-state index in [0.717, 1.165) is 5.75 Å². The zero-order valence-corrected chi connectivity index (χ0v) is 14.6. The summed E-state index contributed by atoms with van der Waals surface area (Å²) in [6, 6.07) is 18.8.